The lowest BCUT2D eigenvalue weighted by Gasteiger charge is -2.37. The van der Waals surface area contributed by atoms with Crippen molar-refractivity contribution in [1.29, 1.82) is 0 Å². The Morgan fingerprint density at radius 1 is 1.17 bits per heavy atom. The highest BCUT2D eigenvalue weighted by Crippen LogP contribution is 2.32. The maximum Gasteiger partial charge on any atom is 0.225 e. The molecular formula is C16H20Cl2N2O3. The van der Waals surface area contributed by atoms with Crippen molar-refractivity contribution in [2.75, 3.05) is 38.2 Å². The van der Waals surface area contributed by atoms with Crippen molar-refractivity contribution >= 4 is 34.8 Å². The molecule has 0 radical (unpaired) electrons. The van der Waals surface area contributed by atoms with E-state index >= 15 is 0 Å². The Bertz CT molecular complexity index is 546. The van der Waals surface area contributed by atoms with Crippen molar-refractivity contribution in [3.63, 3.8) is 0 Å². The molecule has 2 aliphatic heterocycles. The fourth-order valence-electron chi connectivity index (χ4n) is 2.98. The molecule has 0 aliphatic carbocycles. The summed E-state index contributed by atoms with van der Waals surface area (Å²) in [6.07, 6.45) is 2.10. The Balaban J connectivity index is 1.45. The first-order valence-electron chi connectivity index (χ1n) is 7.82. The Hall–Kier alpha value is -0.850. The van der Waals surface area contributed by atoms with Gasteiger partial charge in [0.15, 0.2) is 5.79 Å². The van der Waals surface area contributed by atoms with Crippen LogP contribution in [-0.4, -0.2) is 49.4 Å². The van der Waals surface area contributed by atoms with Gasteiger partial charge < -0.3 is 19.7 Å². The first kappa shape index (κ1) is 17.0. The van der Waals surface area contributed by atoms with E-state index in [1.165, 1.54) is 0 Å². The molecule has 0 bridgehead atoms. The predicted molar refractivity (Wildman–Crippen MR) is 90.0 cm³/mol. The van der Waals surface area contributed by atoms with Gasteiger partial charge in [0.05, 0.1) is 28.9 Å². The first-order valence-corrected chi connectivity index (χ1v) is 8.58. The Labute approximate surface area is 145 Å². The van der Waals surface area contributed by atoms with Crippen LogP contribution in [0.3, 0.4) is 0 Å². The number of benzene rings is 1. The number of nitrogens with zero attached hydrogens (tertiary/aromatic N) is 1. The van der Waals surface area contributed by atoms with Gasteiger partial charge in [-0.25, -0.2) is 0 Å². The smallest absolute Gasteiger partial charge is 0.225 e. The molecule has 0 unspecified atom stereocenters. The minimum absolute atomic E-state index is 0.0892. The lowest BCUT2D eigenvalue weighted by Crippen LogP contribution is -2.45. The summed E-state index contributed by atoms with van der Waals surface area (Å²) in [6, 6.07) is 5.15. The number of carbonyl (C=O) groups excluding carboxylic acids is 1. The molecule has 7 heteroatoms. The van der Waals surface area contributed by atoms with E-state index in [9.17, 15) is 4.79 Å². The third-order valence-corrected chi connectivity index (χ3v) is 4.94. The van der Waals surface area contributed by atoms with Crippen molar-refractivity contribution in [1.82, 2.24) is 4.90 Å². The lowest BCUT2D eigenvalue weighted by atomic mass is 10.0. The van der Waals surface area contributed by atoms with Gasteiger partial charge in [0.25, 0.3) is 0 Å². The SMILES string of the molecule is O=C(CCN1CCC2(CC1)OCCO2)Nc1c(Cl)cccc1Cl. The molecule has 1 spiro atoms. The molecule has 126 valence electrons. The molecule has 1 aromatic carbocycles. The second-order valence-electron chi connectivity index (χ2n) is 5.84. The minimum Gasteiger partial charge on any atom is -0.347 e. The van der Waals surface area contributed by atoms with E-state index in [1.54, 1.807) is 18.2 Å². The minimum atomic E-state index is -0.371. The molecule has 0 aromatic heterocycles. The van der Waals surface area contributed by atoms with Gasteiger partial charge in [-0.05, 0) is 12.1 Å². The van der Waals surface area contributed by atoms with E-state index in [0.717, 1.165) is 25.9 Å². The lowest BCUT2D eigenvalue weighted by molar-refractivity contribution is -0.185. The highest BCUT2D eigenvalue weighted by Gasteiger charge is 2.39. The quantitative estimate of drug-likeness (QED) is 0.897. The standard InChI is InChI=1S/C16H20Cl2N2O3/c17-12-2-1-3-13(18)15(12)19-14(21)4-7-20-8-5-16(6-9-20)22-10-11-23-16/h1-3H,4-11H2,(H,19,21). The second kappa shape index (κ2) is 7.36. The molecule has 1 amide bonds. The van der Waals surface area contributed by atoms with E-state index in [0.29, 0.717) is 41.9 Å². The Morgan fingerprint density at radius 2 is 1.78 bits per heavy atom. The number of hydrogen-bond donors (Lipinski definition) is 1. The van der Waals surface area contributed by atoms with Crippen LogP contribution in [0.5, 0.6) is 0 Å². The number of likely N-dealkylation sites (tertiary alicyclic amines) is 1. The summed E-state index contributed by atoms with van der Waals surface area (Å²) in [5.41, 5.74) is 0.478. The summed E-state index contributed by atoms with van der Waals surface area (Å²) in [7, 11) is 0. The maximum absolute atomic E-state index is 12.1. The number of carbonyl (C=O) groups is 1. The van der Waals surface area contributed by atoms with Gasteiger partial charge in [-0.2, -0.15) is 0 Å². The zero-order chi connectivity index (χ0) is 16.3. The fourth-order valence-corrected chi connectivity index (χ4v) is 3.47. The highest BCUT2D eigenvalue weighted by molar-refractivity contribution is 6.39. The van der Waals surface area contributed by atoms with E-state index in [4.69, 9.17) is 32.7 Å². The molecule has 23 heavy (non-hydrogen) atoms. The van der Waals surface area contributed by atoms with E-state index in [-0.39, 0.29) is 11.7 Å². The summed E-state index contributed by atoms with van der Waals surface area (Å²) >= 11 is 12.1. The van der Waals surface area contributed by atoms with Crippen LogP contribution >= 0.6 is 23.2 Å². The van der Waals surface area contributed by atoms with Crippen LogP contribution < -0.4 is 5.32 Å². The van der Waals surface area contributed by atoms with Crippen LogP contribution in [0.2, 0.25) is 10.0 Å². The van der Waals surface area contributed by atoms with Crippen LogP contribution in [0.4, 0.5) is 5.69 Å². The van der Waals surface area contributed by atoms with E-state index < -0.39 is 0 Å². The van der Waals surface area contributed by atoms with Gasteiger partial charge in [0, 0.05) is 38.9 Å². The molecule has 3 rings (SSSR count). The summed E-state index contributed by atoms with van der Waals surface area (Å²) in [6.45, 7) is 3.81. The summed E-state index contributed by atoms with van der Waals surface area (Å²) < 4.78 is 11.4. The molecule has 2 heterocycles. The van der Waals surface area contributed by atoms with Crippen molar-refractivity contribution in [2.45, 2.75) is 25.0 Å². The Kier molecular flexibility index (Phi) is 5.44. The molecule has 0 saturated carbocycles. The average molecular weight is 359 g/mol. The number of para-hydroxylation sites is 1. The monoisotopic (exact) mass is 358 g/mol. The summed E-state index contributed by atoms with van der Waals surface area (Å²) in [5.74, 6) is -0.460. The molecular weight excluding hydrogens is 339 g/mol. The topological polar surface area (TPSA) is 50.8 Å². The zero-order valence-corrected chi connectivity index (χ0v) is 14.3. The van der Waals surface area contributed by atoms with Crippen LogP contribution in [0, 0.1) is 0 Å². The van der Waals surface area contributed by atoms with Crippen LogP contribution in [0.1, 0.15) is 19.3 Å². The number of piperidine rings is 1. The van der Waals surface area contributed by atoms with Crippen LogP contribution in [0.25, 0.3) is 0 Å². The third-order valence-electron chi connectivity index (χ3n) is 4.31. The van der Waals surface area contributed by atoms with Crippen molar-refractivity contribution in [3.8, 4) is 0 Å². The first-order chi connectivity index (χ1) is 11.1. The van der Waals surface area contributed by atoms with Crippen molar-refractivity contribution in [3.05, 3.63) is 28.2 Å². The molecule has 2 fully saturated rings. The van der Waals surface area contributed by atoms with Gasteiger partial charge in [-0.3, -0.25) is 4.79 Å². The van der Waals surface area contributed by atoms with Gasteiger partial charge in [-0.15, -0.1) is 0 Å². The number of ether oxygens (including phenoxy) is 2. The number of anilines is 1. The number of halogens is 2. The van der Waals surface area contributed by atoms with Gasteiger partial charge in [0.2, 0.25) is 5.91 Å². The highest BCUT2D eigenvalue weighted by atomic mass is 35.5. The largest absolute Gasteiger partial charge is 0.347 e. The van der Waals surface area contributed by atoms with Gasteiger partial charge in [0.1, 0.15) is 0 Å². The number of amides is 1. The average Bonchev–Trinajstić information content (AvgIpc) is 2.99. The predicted octanol–water partition coefficient (Wildman–Crippen LogP) is 3.16. The van der Waals surface area contributed by atoms with Crippen LogP contribution in [0.15, 0.2) is 18.2 Å². The maximum atomic E-state index is 12.1. The number of nitrogens with one attached hydrogen (secondary N) is 1. The molecule has 0 atom stereocenters. The van der Waals surface area contributed by atoms with E-state index in [1.807, 2.05) is 0 Å². The van der Waals surface area contributed by atoms with Crippen molar-refractivity contribution in [2.24, 2.45) is 0 Å². The number of rotatable bonds is 4. The third kappa shape index (κ3) is 4.17. The molecule has 1 aromatic rings. The van der Waals surface area contributed by atoms with Crippen LogP contribution in [-0.2, 0) is 14.3 Å². The normalized spacial score (nSPS) is 20.8. The molecule has 5 nitrogen and oxygen atoms in total. The second-order valence-corrected chi connectivity index (χ2v) is 6.66. The van der Waals surface area contributed by atoms with E-state index in [2.05, 4.69) is 10.2 Å². The van der Waals surface area contributed by atoms with Gasteiger partial charge >= 0.3 is 0 Å². The summed E-state index contributed by atoms with van der Waals surface area (Å²) in [5, 5.41) is 3.68. The molecule has 2 saturated heterocycles. The van der Waals surface area contributed by atoms with Crippen molar-refractivity contribution < 1.29 is 14.3 Å². The fraction of sp³-hybridized carbons (Fsp3) is 0.562. The summed E-state index contributed by atoms with van der Waals surface area (Å²) in [4.78, 5) is 14.4. The molecule has 2 aliphatic rings. The zero-order valence-electron chi connectivity index (χ0n) is 12.8. The van der Waals surface area contributed by atoms with Gasteiger partial charge in [-0.1, -0.05) is 29.3 Å². The Morgan fingerprint density at radius 3 is 2.39 bits per heavy atom. The number of hydrogen-bond acceptors (Lipinski definition) is 4. The molecule has 1 N–H and O–H groups in total.